The molecular weight excluding hydrogens is 477 g/mol. The Labute approximate surface area is 181 Å². The summed E-state index contributed by atoms with van der Waals surface area (Å²) in [6.07, 6.45) is 0.203. The van der Waals surface area contributed by atoms with Gasteiger partial charge in [0.2, 0.25) is 5.91 Å². The van der Waals surface area contributed by atoms with Gasteiger partial charge in [-0.1, -0.05) is 24.3 Å². The predicted octanol–water partition coefficient (Wildman–Crippen LogP) is 2.95. The van der Waals surface area contributed by atoms with Crippen LogP contribution in [0.5, 0.6) is 0 Å². The molecule has 0 unspecified atom stereocenters. The SMILES string of the molecule is CN=C(NCCNC(=O)Cc1ccc(F)cc1)N(C)Cc1cccc(F)c1.I. The molecule has 0 radical (unpaired) electrons. The van der Waals surface area contributed by atoms with E-state index in [-0.39, 0.29) is 47.9 Å². The molecule has 8 heteroatoms. The second kappa shape index (κ2) is 12.3. The number of rotatable bonds is 7. The highest BCUT2D eigenvalue weighted by Gasteiger charge is 2.08. The lowest BCUT2D eigenvalue weighted by Crippen LogP contribution is -2.42. The lowest BCUT2D eigenvalue weighted by molar-refractivity contribution is -0.120. The van der Waals surface area contributed by atoms with E-state index in [1.807, 2.05) is 18.0 Å². The van der Waals surface area contributed by atoms with E-state index in [0.29, 0.717) is 25.6 Å². The quantitative estimate of drug-likeness (QED) is 0.265. The number of guanidine groups is 1. The lowest BCUT2D eigenvalue weighted by Gasteiger charge is -2.22. The van der Waals surface area contributed by atoms with Gasteiger partial charge in [-0.15, -0.1) is 24.0 Å². The minimum absolute atomic E-state index is 0. The topological polar surface area (TPSA) is 56.7 Å². The van der Waals surface area contributed by atoms with Crippen LogP contribution in [0, 0.1) is 11.6 Å². The first kappa shape index (κ1) is 23.8. The van der Waals surface area contributed by atoms with E-state index in [1.165, 1.54) is 24.3 Å². The van der Waals surface area contributed by atoms with Crippen molar-refractivity contribution in [2.45, 2.75) is 13.0 Å². The van der Waals surface area contributed by atoms with Crippen molar-refractivity contribution >= 4 is 35.8 Å². The molecule has 0 aliphatic heterocycles. The molecule has 0 saturated carbocycles. The Kier molecular flexibility index (Phi) is 10.4. The Hall–Kier alpha value is -2.23. The van der Waals surface area contributed by atoms with E-state index >= 15 is 0 Å². The van der Waals surface area contributed by atoms with E-state index < -0.39 is 0 Å². The van der Waals surface area contributed by atoms with Gasteiger partial charge in [0.15, 0.2) is 5.96 Å². The number of amides is 1. The molecule has 2 aromatic carbocycles. The molecule has 0 aliphatic rings. The fourth-order valence-electron chi connectivity index (χ4n) is 2.60. The number of hydrogen-bond donors (Lipinski definition) is 2. The molecular formula is C20H25F2IN4O. The average molecular weight is 502 g/mol. The zero-order valence-corrected chi connectivity index (χ0v) is 18.2. The first-order chi connectivity index (χ1) is 13.0. The summed E-state index contributed by atoms with van der Waals surface area (Å²) in [4.78, 5) is 18.0. The summed E-state index contributed by atoms with van der Waals surface area (Å²) < 4.78 is 26.1. The van der Waals surface area contributed by atoms with E-state index in [9.17, 15) is 13.6 Å². The molecule has 0 fully saturated rings. The first-order valence-electron chi connectivity index (χ1n) is 8.65. The molecule has 0 spiro atoms. The summed E-state index contributed by atoms with van der Waals surface area (Å²) in [5.41, 5.74) is 1.60. The van der Waals surface area contributed by atoms with Crippen LogP contribution in [0.3, 0.4) is 0 Å². The minimum Gasteiger partial charge on any atom is -0.354 e. The zero-order valence-electron chi connectivity index (χ0n) is 15.9. The molecule has 0 heterocycles. The molecule has 1 amide bonds. The largest absolute Gasteiger partial charge is 0.354 e. The van der Waals surface area contributed by atoms with Gasteiger partial charge in [-0.05, 0) is 35.4 Å². The smallest absolute Gasteiger partial charge is 0.224 e. The molecule has 2 N–H and O–H groups in total. The molecule has 0 aliphatic carbocycles. The second-order valence-corrected chi connectivity index (χ2v) is 6.11. The molecule has 152 valence electrons. The Morgan fingerprint density at radius 3 is 2.32 bits per heavy atom. The number of halogens is 3. The molecule has 5 nitrogen and oxygen atoms in total. The molecule has 28 heavy (non-hydrogen) atoms. The van der Waals surface area contributed by atoms with Crippen molar-refractivity contribution in [3.8, 4) is 0 Å². The van der Waals surface area contributed by atoms with Crippen molar-refractivity contribution < 1.29 is 13.6 Å². The van der Waals surface area contributed by atoms with Crippen LogP contribution in [0.4, 0.5) is 8.78 Å². The number of hydrogen-bond acceptors (Lipinski definition) is 2. The fraction of sp³-hybridized carbons (Fsp3) is 0.300. The summed E-state index contributed by atoms with van der Waals surface area (Å²) in [6.45, 7) is 1.43. The molecule has 2 aromatic rings. The number of benzene rings is 2. The monoisotopic (exact) mass is 502 g/mol. The fourth-order valence-corrected chi connectivity index (χ4v) is 2.60. The predicted molar refractivity (Wildman–Crippen MR) is 118 cm³/mol. The van der Waals surface area contributed by atoms with E-state index in [2.05, 4.69) is 15.6 Å². The summed E-state index contributed by atoms with van der Waals surface area (Å²) in [5.74, 6) is -0.0802. The summed E-state index contributed by atoms with van der Waals surface area (Å²) in [7, 11) is 3.52. The van der Waals surface area contributed by atoms with Gasteiger partial charge in [0, 0.05) is 33.7 Å². The van der Waals surface area contributed by atoms with E-state index in [4.69, 9.17) is 0 Å². The van der Waals surface area contributed by atoms with Crippen molar-refractivity contribution in [1.29, 1.82) is 0 Å². The minimum atomic E-state index is -0.322. The van der Waals surface area contributed by atoms with Gasteiger partial charge in [-0.25, -0.2) is 8.78 Å². The summed E-state index contributed by atoms with van der Waals surface area (Å²) >= 11 is 0. The number of carbonyl (C=O) groups excluding carboxylic acids is 1. The van der Waals surface area contributed by atoms with Gasteiger partial charge >= 0.3 is 0 Å². The van der Waals surface area contributed by atoms with Crippen LogP contribution in [0.25, 0.3) is 0 Å². The molecule has 0 aromatic heterocycles. The van der Waals surface area contributed by atoms with Crippen LogP contribution in [0.2, 0.25) is 0 Å². The van der Waals surface area contributed by atoms with E-state index in [1.54, 1.807) is 25.2 Å². The van der Waals surface area contributed by atoms with Gasteiger partial charge in [0.05, 0.1) is 6.42 Å². The highest BCUT2D eigenvalue weighted by molar-refractivity contribution is 14.0. The van der Waals surface area contributed by atoms with E-state index in [0.717, 1.165) is 11.1 Å². The maximum atomic E-state index is 13.3. The normalized spacial score (nSPS) is 10.8. The number of nitrogens with one attached hydrogen (secondary N) is 2. The van der Waals surface area contributed by atoms with Crippen LogP contribution in [0.1, 0.15) is 11.1 Å². The number of aliphatic imine (C=N–C) groups is 1. The van der Waals surface area contributed by atoms with Gasteiger partial charge in [0.25, 0.3) is 0 Å². The number of nitrogens with zero attached hydrogens (tertiary/aromatic N) is 2. The highest BCUT2D eigenvalue weighted by Crippen LogP contribution is 2.06. The average Bonchev–Trinajstić information content (AvgIpc) is 2.63. The van der Waals surface area contributed by atoms with Gasteiger partial charge in [0.1, 0.15) is 11.6 Å². The lowest BCUT2D eigenvalue weighted by atomic mass is 10.1. The third-order valence-electron chi connectivity index (χ3n) is 3.89. The van der Waals surface area contributed by atoms with Gasteiger partial charge in [-0.2, -0.15) is 0 Å². The standard InChI is InChI=1S/C20H24F2N4O.HI/c1-23-20(26(2)14-16-4-3-5-18(22)12-16)25-11-10-24-19(27)13-15-6-8-17(21)9-7-15;/h3-9,12H,10-11,13-14H2,1-2H3,(H,23,25)(H,24,27);1H. The Balaban J connectivity index is 0.00000392. The first-order valence-corrected chi connectivity index (χ1v) is 8.65. The maximum absolute atomic E-state index is 13.3. The Bertz CT molecular complexity index is 784. The maximum Gasteiger partial charge on any atom is 0.224 e. The van der Waals surface area contributed by atoms with Gasteiger partial charge < -0.3 is 15.5 Å². The Morgan fingerprint density at radius 1 is 1.00 bits per heavy atom. The third kappa shape index (κ3) is 8.20. The van der Waals surface area contributed by atoms with Crippen molar-refractivity contribution in [2.75, 3.05) is 27.2 Å². The summed E-state index contributed by atoms with van der Waals surface area (Å²) in [6, 6.07) is 12.3. The van der Waals surface area contributed by atoms with Crippen molar-refractivity contribution in [1.82, 2.24) is 15.5 Å². The zero-order chi connectivity index (χ0) is 19.6. The molecule has 0 atom stereocenters. The molecule has 2 rings (SSSR count). The number of carbonyl (C=O) groups is 1. The van der Waals surface area contributed by atoms with Crippen molar-refractivity contribution in [3.05, 3.63) is 71.3 Å². The third-order valence-corrected chi connectivity index (χ3v) is 3.89. The van der Waals surface area contributed by atoms with Crippen LogP contribution in [-0.4, -0.2) is 44.0 Å². The second-order valence-electron chi connectivity index (χ2n) is 6.11. The summed E-state index contributed by atoms with van der Waals surface area (Å²) in [5, 5.41) is 5.95. The van der Waals surface area contributed by atoms with Crippen LogP contribution < -0.4 is 10.6 Å². The Morgan fingerprint density at radius 2 is 1.68 bits per heavy atom. The van der Waals surface area contributed by atoms with Crippen LogP contribution in [0.15, 0.2) is 53.5 Å². The van der Waals surface area contributed by atoms with Crippen LogP contribution >= 0.6 is 24.0 Å². The van der Waals surface area contributed by atoms with Crippen LogP contribution in [-0.2, 0) is 17.8 Å². The highest BCUT2D eigenvalue weighted by atomic mass is 127. The molecule has 0 saturated heterocycles. The van der Waals surface area contributed by atoms with Crippen molar-refractivity contribution in [3.63, 3.8) is 0 Å². The molecule has 0 bridgehead atoms. The van der Waals surface area contributed by atoms with Crippen molar-refractivity contribution in [2.24, 2.45) is 4.99 Å². The van der Waals surface area contributed by atoms with Gasteiger partial charge in [-0.3, -0.25) is 9.79 Å².